The van der Waals surface area contributed by atoms with Gasteiger partial charge in [-0.1, -0.05) is 17.4 Å². The Morgan fingerprint density at radius 3 is 2.68 bits per heavy atom. The van der Waals surface area contributed by atoms with Gasteiger partial charge in [-0.2, -0.15) is 0 Å². The molecule has 0 saturated heterocycles. The number of nitrogens with one attached hydrogen (secondary N) is 1. The maximum Gasteiger partial charge on any atom is 0.257 e. The number of hydrogen-bond donors (Lipinski definition) is 1. The van der Waals surface area contributed by atoms with Gasteiger partial charge in [-0.05, 0) is 37.3 Å². The van der Waals surface area contributed by atoms with E-state index in [1.54, 1.807) is 12.4 Å². The maximum absolute atomic E-state index is 12.9. The van der Waals surface area contributed by atoms with Crippen LogP contribution in [0.5, 0.6) is 0 Å². The molecular weight excluding hydrogens is 301 g/mol. The molecule has 110 valence electrons. The van der Waals surface area contributed by atoms with E-state index in [9.17, 15) is 9.18 Å². The highest BCUT2D eigenvalue weighted by Gasteiger charge is 2.13. The molecule has 1 amide bonds. The number of amides is 1. The average molecular weight is 313 g/mol. The minimum atomic E-state index is -0.375. The van der Waals surface area contributed by atoms with E-state index in [0.717, 1.165) is 16.1 Å². The smallest absolute Gasteiger partial charge is 0.257 e. The molecule has 0 unspecified atom stereocenters. The second-order valence-electron chi connectivity index (χ2n) is 4.64. The molecule has 6 heteroatoms. The van der Waals surface area contributed by atoms with Crippen LogP contribution in [0.2, 0.25) is 0 Å². The van der Waals surface area contributed by atoms with Gasteiger partial charge in [-0.25, -0.2) is 9.37 Å². The van der Waals surface area contributed by atoms with Gasteiger partial charge in [-0.15, -0.1) is 0 Å². The third kappa shape index (κ3) is 3.01. The van der Waals surface area contributed by atoms with Crippen molar-refractivity contribution in [2.45, 2.75) is 6.92 Å². The Morgan fingerprint density at radius 1 is 1.23 bits per heavy atom. The van der Waals surface area contributed by atoms with Gasteiger partial charge in [0.2, 0.25) is 0 Å². The fraction of sp³-hybridized carbons (Fsp3) is 0.0625. The Balaban J connectivity index is 1.82. The highest BCUT2D eigenvalue weighted by Crippen LogP contribution is 2.32. The minimum Gasteiger partial charge on any atom is -0.298 e. The van der Waals surface area contributed by atoms with Crippen LogP contribution in [-0.4, -0.2) is 15.9 Å². The molecule has 0 spiro atoms. The number of nitrogens with zero attached hydrogens (tertiary/aromatic N) is 2. The number of benzene rings is 1. The van der Waals surface area contributed by atoms with Gasteiger partial charge < -0.3 is 0 Å². The summed E-state index contributed by atoms with van der Waals surface area (Å²) in [6, 6.07) is 9.18. The van der Waals surface area contributed by atoms with Crippen molar-refractivity contribution >= 4 is 22.4 Å². The molecule has 2 aromatic heterocycles. The molecule has 0 bridgehead atoms. The van der Waals surface area contributed by atoms with E-state index in [4.69, 9.17) is 0 Å². The van der Waals surface area contributed by atoms with Crippen molar-refractivity contribution in [3.05, 3.63) is 65.9 Å². The molecule has 3 aromatic rings. The van der Waals surface area contributed by atoms with Crippen LogP contribution in [0.15, 0.2) is 48.8 Å². The highest BCUT2D eigenvalue weighted by molar-refractivity contribution is 7.19. The van der Waals surface area contributed by atoms with Crippen molar-refractivity contribution < 1.29 is 9.18 Å². The zero-order valence-corrected chi connectivity index (χ0v) is 12.5. The second kappa shape index (κ2) is 6.03. The normalized spacial score (nSPS) is 10.5. The van der Waals surface area contributed by atoms with Gasteiger partial charge >= 0.3 is 0 Å². The molecule has 0 fully saturated rings. The summed E-state index contributed by atoms with van der Waals surface area (Å²) in [6.45, 7) is 1.88. The van der Waals surface area contributed by atoms with Crippen LogP contribution in [-0.2, 0) is 0 Å². The molecule has 3 rings (SSSR count). The number of aromatic nitrogens is 2. The third-order valence-electron chi connectivity index (χ3n) is 3.05. The first-order chi connectivity index (χ1) is 10.6. The predicted octanol–water partition coefficient (Wildman–Crippen LogP) is 3.90. The van der Waals surface area contributed by atoms with Gasteiger partial charge in [0.05, 0.1) is 10.6 Å². The summed E-state index contributed by atoms with van der Waals surface area (Å²) in [5, 5.41) is 3.24. The molecule has 0 radical (unpaired) electrons. The Kier molecular flexibility index (Phi) is 3.93. The average Bonchev–Trinajstić information content (AvgIpc) is 2.89. The molecule has 0 atom stereocenters. The number of thiazole rings is 1. The van der Waals surface area contributed by atoms with Crippen LogP contribution in [0.3, 0.4) is 0 Å². The second-order valence-corrected chi connectivity index (χ2v) is 5.64. The summed E-state index contributed by atoms with van der Waals surface area (Å²) >= 11 is 1.38. The van der Waals surface area contributed by atoms with E-state index in [2.05, 4.69) is 15.3 Å². The standard InChI is InChI=1S/C16H12FN3OS/c1-10-14(12-3-2-8-18-9-12)22-16(19-10)20-15(21)11-4-6-13(17)7-5-11/h2-9H,1H3,(H,19,20,21). The fourth-order valence-electron chi connectivity index (χ4n) is 1.99. The third-order valence-corrected chi connectivity index (χ3v) is 4.17. The first kappa shape index (κ1) is 14.3. The van der Waals surface area contributed by atoms with Gasteiger partial charge in [0.15, 0.2) is 5.13 Å². The van der Waals surface area contributed by atoms with Gasteiger partial charge in [0.25, 0.3) is 5.91 Å². The number of halogens is 1. The van der Waals surface area contributed by atoms with Crippen molar-refractivity contribution in [3.63, 3.8) is 0 Å². The van der Waals surface area contributed by atoms with Crippen LogP contribution in [0.25, 0.3) is 10.4 Å². The lowest BCUT2D eigenvalue weighted by atomic mass is 10.2. The Labute approximate surface area is 130 Å². The predicted molar refractivity (Wildman–Crippen MR) is 84.4 cm³/mol. The van der Waals surface area contributed by atoms with Gasteiger partial charge in [-0.3, -0.25) is 15.1 Å². The molecule has 0 aliphatic rings. The van der Waals surface area contributed by atoms with Crippen molar-refractivity contribution in [3.8, 4) is 10.4 Å². The molecule has 4 nitrogen and oxygen atoms in total. The zero-order valence-electron chi connectivity index (χ0n) is 11.7. The zero-order chi connectivity index (χ0) is 15.5. The summed E-state index contributed by atoms with van der Waals surface area (Å²) in [4.78, 5) is 21.5. The first-order valence-electron chi connectivity index (χ1n) is 6.58. The largest absolute Gasteiger partial charge is 0.298 e. The van der Waals surface area contributed by atoms with Crippen LogP contribution >= 0.6 is 11.3 Å². The topological polar surface area (TPSA) is 54.9 Å². The lowest BCUT2D eigenvalue weighted by Gasteiger charge is -2.01. The van der Waals surface area contributed by atoms with Crippen LogP contribution in [0.4, 0.5) is 9.52 Å². The minimum absolute atomic E-state index is 0.313. The molecular formula is C16H12FN3OS. The molecule has 2 heterocycles. The maximum atomic E-state index is 12.9. The summed E-state index contributed by atoms with van der Waals surface area (Å²) < 4.78 is 12.9. The summed E-state index contributed by atoms with van der Waals surface area (Å²) in [7, 11) is 0. The van der Waals surface area contributed by atoms with Crippen LogP contribution in [0, 0.1) is 12.7 Å². The Morgan fingerprint density at radius 2 is 2.00 bits per heavy atom. The van der Waals surface area contributed by atoms with E-state index in [1.165, 1.54) is 35.6 Å². The SMILES string of the molecule is Cc1nc(NC(=O)c2ccc(F)cc2)sc1-c1cccnc1. The highest BCUT2D eigenvalue weighted by atomic mass is 32.1. The lowest BCUT2D eigenvalue weighted by Crippen LogP contribution is -2.11. The summed E-state index contributed by atoms with van der Waals surface area (Å²) in [6.07, 6.45) is 3.46. The van der Waals surface area contributed by atoms with Crippen molar-refractivity contribution in [1.29, 1.82) is 0 Å². The van der Waals surface area contributed by atoms with Gasteiger partial charge in [0.1, 0.15) is 5.82 Å². The Bertz CT molecular complexity index is 800. The van der Waals surface area contributed by atoms with E-state index in [-0.39, 0.29) is 11.7 Å². The molecule has 0 aliphatic carbocycles. The lowest BCUT2D eigenvalue weighted by molar-refractivity contribution is 0.102. The number of rotatable bonds is 3. The van der Waals surface area contributed by atoms with Gasteiger partial charge in [0, 0.05) is 23.5 Å². The van der Waals surface area contributed by atoms with Crippen molar-refractivity contribution in [2.75, 3.05) is 5.32 Å². The number of carbonyl (C=O) groups is 1. The molecule has 22 heavy (non-hydrogen) atoms. The van der Waals surface area contributed by atoms with E-state index >= 15 is 0 Å². The van der Waals surface area contributed by atoms with E-state index in [0.29, 0.717) is 10.7 Å². The van der Waals surface area contributed by atoms with Crippen molar-refractivity contribution in [2.24, 2.45) is 0 Å². The number of aryl methyl sites for hydroxylation is 1. The van der Waals surface area contributed by atoms with Crippen molar-refractivity contribution in [1.82, 2.24) is 9.97 Å². The molecule has 0 saturated carbocycles. The number of carbonyl (C=O) groups excluding carboxylic acids is 1. The molecule has 1 N–H and O–H groups in total. The number of hydrogen-bond acceptors (Lipinski definition) is 4. The van der Waals surface area contributed by atoms with E-state index in [1.807, 2.05) is 19.1 Å². The molecule has 1 aromatic carbocycles. The summed E-state index contributed by atoms with van der Waals surface area (Å²) in [5.74, 6) is -0.688. The number of pyridine rings is 1. The summed E-state index contributed by atoms with van der Waals surface area (Å²) in [5.41, 5.74) is 2.17. The van der Waals surface area contributed by atoms with Crippen LogP contribution < -0.4 is 5.32 Å². The fourth-order valence-corrected chi connectivity index (χ4v) is 2.94. The monoisotopic (exact) mass is 313 g/mol. The Hall–Kier alpha value is -2.60. The van der Waals surface area contributed by atoms with E-state index < -0.39 is 0 Å². The first-order valence-corrected chi connectivity index (χ1v) is 7.40. The van der Waals surface area contributed by atoms with Crippen LogP contribution in [0.1, 0.15) is 16.1 Å². The molecule has 0 aliphatic heterocycles. The number of anilines is 1. The quantitative estimate of drug-likeness (QED) is 0.797.